The molecule has 124 valence electrons. The van der Waals surface area contributed by atoms with Gasteiger partial charge in [-0.3, -0.25) is 4.79 Å². The first-order valence-electron chi connectivity index (χ1n) is 8.15. The highest BCUT2D eigenvalue weighted by Crippen LogP contribution is 2.22. The van der Waals surface area contributed by atoms with Crippen LogP contribution in [0.25, 0.3) is 10.9 Å². The van der Waals surface area contributed by atoms with Crippen molar-refractivity contribution < 1.29 is 14.1 Å². The van der Waals surface area contributed by atoms with Gasteiger partial charge in [-0.15, -0.1) is 0 Å². The molecule has 1 unspecified atom stereocenters. The molecule has 0 saturated heterocycles. The molecule has 0 aliphatic carbocycles. The molecule has 0 radical (unpaired) electrons. The molecule has 1 aromatic heterocycles. The van der Waals surface area contributed by atoms with Crippen molar-refractivity contribution in [2.75, 3.05) is 7.05 Å². The fourth-order valence-electron chi connectivity index (χ4n) is 3.11. The fraction of sp³-hybridized carbons (Fsp3) is 0.250. The third kappa shape index (κ3) is 3.10. The van der Waals surface area contributed by atoms with Crippen molar-refractivity contribution in [2.45, 2.75) is 26.4 Å². The molecule has 2 atom stereocenters. The molecule has 0 spiro atoms. The lowest BCUT2D eigenvalue weighted by Crippen LogP contribution is -3.12. The van der Waals surface area contributed by atoms with Gasteiger partial charge >= 0.3 is 0 Å². The number of carbonyl (C=O) groups is 1. The minimum atomic E-state index is -0.241. The predicted molar refractivity (Wildman–Crippen MR) is 93.8 cm³/mol. The van der Waals surface area contributed by atoms with Crippen molar-refractivity contribution in [1.29, 1.82) is 0 Å². The molecule has 0 fully saturated rings. The van der Waals surface area contributed by atoms with Gasteiger partial charge in [-0.2, -0.15) is 0 Å². The molecule has 0 aliphatic rings. The largest absolute Gasteiger partial charge is 0.358 e. The average molecular weight is 325 g/mol. The average Bonchev–Trinajstić information content (AvgIpc) is 2.91. The number of nitrogens with one attached hydrogen (secondary N) is 2. The third-order valence-electron chi connectivity index (χ3n) is 4.67. The van der Waals surface area contributed by atoms with Crippen LogP contribution in [0.2, 0.25) is 0 Å². The second-order valence-corrected chi connectivity index (χ2v) is 6.41. The second-order valence-electron chi connectivity index (χ2n) is 6.41. The standard InChI is InChI=1S/C20H21FN2O/c1-13-19(17-6-4-5-7-18(17)22-13)20(24)14(2)23(3)12-15-8-10-16(21)11-9-15/h4-11,14,22H,12H2,1-3H3/p+1/t14-/m1/s1. The topological polar surface area (TPSA) is 37.3 Å². The molecule has 0 saturated carbocycles. The number of likely N-dealkylation sites (N-methyl/N-ethyl adjacent to an activating group) is 1. The van der Waals surface area contributed by atoms with E-state index in [0.717, 1.165) is 32.6 Å². The Bertz CT molecular complexity index is 867. The molecule has 1 heterocycles. The summed E-state index contributed by atoms with van der Waals surface area (Å²) in [5.74, 6) is -0.112. The van der Waals surface area contributed by atoms with Crippen LogP contribution >= 0.6 is 0 Å². The van der Waals surface area contributed by atoms with Crippen LogP contribution < -0.4 is 4.90 Å². The molecular formula is C20H22FN2O+. The number of hydrogen-bond acceptors (Lipinski definition) is 1. The van der Waals surface area contributed by atoms with E-state index in [9.17, 15) is 9.18 Å². The molecule has 3 rings (SSSR count). The lowest BCUT2D eigenvalue weighted by molar-refractivity contribution is -0.907. The van der Waals surface area contributed by atoms with E-state index in [2.05, 4.69) is 4.98 Å². The van der Waals surface area contributed by atoms with E-state index >= 15 is 0 Å². The maximum absolute atomic E-state index is 13.0. The monoisotopic (exact) mass is 325 g/mol. The van der Waals surface area contributed by atoms with Crippen molar-refractivity contribution >= 4 is 16.7 Å². The fourth-order valence-corrected chi connectivity index (χ4v) is 3.11. The van der Waals surface area contributed by atoms with Crippen LogP contribution in [0.5, 0.6) is 0 Å². The zero-order valence-corrected chi connectivity index (χ0v) is 14.2. The maximum Gasteiger partial charge on any atom is 0.222 e. The van der Waals surface area contributed by atoms with Crippen molar-refractivity contribution in [3.63, 3.8) is 0 Å². The van der Waals surface area contributed by atoms with Gasteiger partial charge in [0.25, 0.3) is 0 Å². The Morgan fingerprint density at radius 3 is 2.54 bits per heavy atom. The van der Waals surface area contributed by atoms with E-state index < -0.39 is 0 Å². The summed E-state index contributed by atoms with van der Waals surface area (Å²) in [4.78, 5) is 17.4. The Morgan fingerprint density at radius 2 is 1.83 bits per heavy atom. The molecule has 0 bridgehead atoms. The van der Waals surface area contributed by atoms with E-state index in [1.54, 1.807) is 12.1 Å². The summed E-state index contributed by atoms with van der Waals surface area (Å²) in [6.07, 6.45) is 0. The number of hydrogen-bond donors (Lipinski definition) is 2. The van der Waals surface area contributed by atoms with Gasteiger partial charge in [0, 0.05) is 22.2 Å². The lowest BCUT2D eigenvalue weighted by Gasteiger charge is -2.21. The van der Waals surface area contributed by atoms with Crippen LogP contribution in [-0.4, -0.2) is 23.9 Å². The van der Waals surface area contributed by atoms with Crippen LogP contribution in [0.1, 0.15) is 28.5 Å². The van der Waals surface area contributed by atoms with Crippen LogP contribution in [0.3, 0.4) is 0 Å². The summed E-state index contributed by atoms with van der Waals surface area (Å²) in [7, 11) is 2.00. The summed E-state index contributed by atoms with van der Waals surface area (Å²) in [5.41, 5.74) is 3.69. The highest BCUT2D eigenvalue weighted by molar-refractivity contribution is 6.10. The minimum absolute atomic E-state index is 0.129. The smallest absolute Gasteiger partial charge is 0.222 e. The lowest BCUT2D eigenvalue weighted by atomic mass is 10.0. The summed E-state index contributed by atoms with van der Waals surface area (Å²) in [5, 5.41) is 0.974. The first-order chi connectivity index (χ1) is 11.5. The van der Waals surface area contributed by atoms with Gasteiger partial charge in [0.05, 0.1) is 12.6 Å². The van der Waals surface area contributed by atoms with Crippen molar-refractivity contribution in [2.24, 2.45) is 0 Å². The molecule has 4 heteroatoms. The van der Waals surface area contributed by atoms with E-state index in [1.807, 2.05) is 45.2 Å². The molecule has 3 nitrogen and oxygen atoms in total. The van der Waals surface area contributed by atoms with Gasteiger partial charge in [0.15, 0.2) is 0 Å². The van der Waals surface area contributed by atoms with E-state index in [1.165, 1.54) is 12.1 Å². The zero-order valence-electron chi connectivity index (χ0n) is 14.2. The van der Waals surface area contributed by atoms with Gasteiger partial charge < -0.3 is 9.88 Å². The first-order valence-corrected chi connectivity index (χ1v) is 8.15. The number of carbonyl (C=O) groups excluding carboxylic acids is 1. The molecule has 0 aliphatic heterocycles. The van der Waals surface area contributed by atoms with E-state index in [-0.39, 0.29) is 17.6 Å². The highest BCUT2D eigenvalue weighted by Gasteiger charge is 2.27. The van der Waals surface area contributed by atoms with Crippen molar-refractivity contribution in [3.8, 4) is 0 Å². The molecule has 2 N–H and O–H groups in total. The number of fused-ring (bicyclic) bond motifs is 1. The van der Waals surface area contributed by atoms with Crippen LogP contribution in [0.4, 0.5) is 4.39 Å². The Morgan fingerprint density at radius 1 is 1.17 bits per heavy atom. The molecule has 3 aromatic rings. The Hall–Kier alpha value is -2.46. The number of ketones is 1. The SMILES string of the molecule is Cc1[nH]c2ccccc2c1C(=O)[C@@H](C)[NH+](C)Cc1ccc(F)cc1. The highest BCUT2D eigenvalue weighted by atomic mass is 19.1. The Labute approximate surface area is 141 Å². The summed E-state index contributed by atoms with van der Waals surface area (Å²) < 4.78 is 13.0. The number of halogens is 1. The van der Waals surface area contributed by atoms with Gasteiger partial charge in [-0.05, 0) is 32.0 Å². The number of para-hydroxylation sites is 1. The van der Waals surface area contributed by atoms with Crippen LogP contribution in [0.15, 0.2) is 48.5 Å². The second kappa shape index (κ2) is 6.57. The van der Waals surface area contributed by atoms with Gasteiger partial charge in [-0.25, -0.2) is 4.39 Å². The summed E-state index contributed by atoms with van der Waals surface area (Å²) in [6.45, 7) is 4.56. The molecule has 24 heavy (non-hydrogen) atoms. The molecule has 0 amide bonds. The number of aromatic nitrogens is 1. The third-order valence-corrected chi connectivity index (χ3v) is 4.67. The van der Waals surface area contributed by atoms with Gasteiger partial charge in [-0.1, -0.05) is 30.3 Å². The minimum Gasteiger partial charge on any atom is -0.358 e. The number of aromatic amines is 1. The number of benzene rings is 2. The van der Waals surface area contributed by atoms with E-state index in [4.69, 9.17) is 0 Å². The number of Topliss-reactive ketones (excluding diaryl/α,β-unsaturated/α-hetero) is 1. The molecule has 2 aromatic carbocycles. The van der Waals surface area contributed by atoms with Gasteiger partial charge in [0.2, 0.25) is 5.78 Å². The number of rotatable bonds is 5. The summed E-state index contributed by atoms with van der Waals surface area (Å²) >= 11 is 0. The van der Waals surface area contributed by atoms with Crippen molar-refractivity contribution in [3.05, 3.63) is 71.2 Å². The van der Waals surface area contributed by atoms with Crippen LogP contribution in [-0.2, 0) is 6.54 Å². The summed E-state index contributed by atoms with van der Waals surface area (Å²) in [6, 6.07) is 14.1. The Balaban J connectivity index is 1.83. The molecular weight excluding hydrogens is 303 g/mol. The maximum atomic E-state index is 13.0. The van der Waals surface area contributed by atoms with Crippen LogP contribution in [0, 0.1) is 12.7 Å². The normalized spacial score (nSPS) is 13.8. The quantitative estimate of drug-likeness (QED) is 0.696. The number of H-pyrrole nitrogens is 1. The predicted octanol–water partition coefficient (Wildman–Crippen LogP) is 2.90. The van der Waals surface area contributed by atoms with Gasteiger partial charge in [0.1, 0.15) is 18.4 Å². The number of quaternary nitrogens is 1. The number of aryl methyl sites for hydroxylation is 1. The first kappa shape index (κ1) is 16.4. The zero-order chi connectivity index (χ0) is 17.3. The van der Waals surface area contributed by atoms with E-state index in [0.29, 0.717) is 6.54 Å². The Kier molecular flexibility index (Phi) is 4.49. The van der Waals surface area contributed by atoms with Crippen molar-refractivity contribution in [1.82, 2.24) is 4.98 Å².